The summed E-state index contributed by atoms with van der Waals surface area (Å²) in [6.45, 7) is 2.29. The molecule has 0 heterocycles. The summed E-state index contributed by atoms with van der Waals surface area (Å²) in [4.78, 5) is 0. The van der Waals surface area contributed by atoms with Crippen LogP contribution in [-0.2, 0) is 12.8 Å². The van der Waals surface area contributed by atoms with Crippen molar-refractivity contribution >= 4 is 11.6 Å². The number of hydrogen-bond donors (Lipinski definition) is 0. The first-order valence-corrected chi connectivity index (χ1v) is 6.40. The fourth-order valence-corrected chi connectivity index (χ4v) is 2.24. The van der Waals surface area contributed by atoms with E-state index in [-0.39, 0.29) is 0 Å². The van der Waals surface area contributed by atoms with Gasteiger partial charge < -0.3 is 0 Å². The van der Waals surface area contributed by atoms with E-state index in [0.717, 1.165) is 17.9 Å². The van der Waals surface area contributed by atoms with E-state index in [2.05, 4.69) is 49.4 Å². The van der Waals surface area contributed by atoms with Crippen molar-refractivity contribution in [1.29, 1.82) is 0 Å². The second kappa shape index (κ2) is 5.88. The van der Waals surface area contributed by atoms with Gasteiger partial charge >= 0.3 is 0 Å². The van der Waals surface area contributed by atoms with Crippen LogP contribution in [0.25, 0.3) is 0 Å². The van der Waals surface area contributed by atoms with Crippen LogP contribution in [0.2, 0.25) is 5.02 Å². The third kappa shape index (κ3) is 3.90. The van der Waals surface area contributed by atoms with Gasteiger partial charge in [-0.05, 0) is 42.0 Å². The first-order chi connectivity index (χ1) is 8.24. The third-order valence-electron chi connectivity index (χ3n) is 2.92. The Balaban J connectivity index is 1.93. The Kier molecular flexibility index (Phi) is 4.22. The normalized spacial score (nSPS) is 12.4. The van der Waals surface area contributed by atoms with Crippen molar-refractivity contribution in [3.8, 4) is 0 Å². The Morgan fingerprint density at radius 1 is 0.824 bits per heavy atom. The van der Waals surface area contributed by atoms with E-state index in [9.17, 15) is 0 Å². The van der Waals surface area contributed by atoms with Crippen LogP contribution in [0.1, 0.15) is 18.1 Å². The summed E-state index contributed by atoms with van der Waals surface area (Å²) in [5.41, 5.74) is 2.77. The molecule has 0 fully saturated rings. The number of benzene rings is 2. The Hall–Kier alpha value is -1.27. The standard InChI is InChI=1S/C16H17Cl/c1-13(11-14-5-3-2-4-6-14)12-15-7-9-16(17)10-8-15/h2-10,13H,11-12H2,1H3. The lowest BCUT2D eigenvalue weighted by atomic mass is 9.94. The van der Waals surface area contributed by atoms with Crippen molar-refractivity contribution in [2.75, 3.05) is 0 Å². The van der Waals surface area contributed by atoms with Gasteiger partial charge in [0.1, 0.15) is 0 Å². The van der Waals surface area contributed by atoms with E-state index in [1.54, 1.807) is 0 Å². The molecule has 0 bridgehead atoms. The zero-order chi connectivity index (χ0) is 12.1. The molecule has 0 spiro atoms. The number of halogens is 1. The second-order valence-corrected chi connectivity index (χ2v) is 5.06. The number of rotatable bonds is 4. The molecule has 0 aliphatic heterocycles. The van der Waals surface area contributed by atoms with E-state index in [1.165, 1.54) is 11.1 Å². The van der Waals surface area contributed by atoms with Gasteiger partial charge in [0.05, 0.1) is 0 Å². The van der Waals surface area contributed by atoms with Crippen LogP contribution in [0.4, 0.5) is 0 Å². The van der Waals surface area contributed by atoms with Gasteiger partial charge in [-0.15, -0.1) is 0 Å². The van der Waals surface area contributed by atoms with E-state index >= 15 is 0 Å². The largest absolute Gasteiger partial charge is 0.0843 e. The van der Waals surface area contributed by atoms with Gasteiger partial charge in [-0.3, -0.25) is 0 Å². The summed E-state index contributed by atoms with van der Waals surface area (Å²) in [5, 5.41) is 0.810. The highest BCUT2D eigenvalue weighted by atomic mass is 35.5. The summed E-state index contributed by atoms with van der Waals surface area (Å²) in [5.74, 6) is 0.651. The summed E-state index contributed by atoms with van der Waals surface area (Å²) in [7, 11) is 0. The van der Waals surface area contributed by atoms with E-state index in [0.29, 0.717) is 5.92 Å². The molecule has 0 aliphatic rings. The van der Waals surface area contributed by atoms with Gasteiger partial charge in [0.2, 0.25) is 0 Å². The lowest BCUT2D eigenvalue weighted by Crippen LogP contribution is -2.03. The van der Waals surface area contributed by atoms with Crippen molar-refractivity contribution in [2.24, 2.45) is 5.92 Å². The average molecular weight is 245 g/mol. The molecular weight excluding hydrogens is 228 g/mol. The summed E-state index contributed by atoms with van der Waals surface area (Å²) in [6, 6.07) is 18.8. The van der Waals surface area contributed by atoms with Crippen LogP contribution in [0.5, 0.6) is 0 Å². The van der Waals surface area contributed by atoms with Crippen LogP contribution in [0.15, 0.2) is 54.6 Å². The molecule has 0 radical (unpaired) electrons. The molecule has 0 saturated heterocycles. The molecule has 1 atom stereocenters. The molecule has 0 amide bonds. The van der Waals surface area contributed by atoms with Crippen molar-refractivity contribution < 1.29 is 0 Å². The summed E-state index contributed by atoms with van der Waals surface area (Å²) >= 11 is 5.88. The topological polar surface area (TPSA) is 0 Å². The van der Waals surface area contributed by atoms with Crippen LogP contribution in [0.3, 0.4) is 0 Å². The molecular formula is C16H17Cl. The summed E-state index contributed by atoms with van der Waals surface area (Å²) in [6.07, 6.45) is 2.23. The van der Waals surface area contributed by atoms with Crippen LogP contribution in [0, 0.1) is 5.92 Å². The molecule has 2 aromatic rings. The van der Waals surface area contributed by atoms with Crippen LogP contribution in [-0.4, -0.2) is 0 Å². The van der Waals surface area contributed by atoms with Crippen molar-refractivity contribution in [3.05, 3.63) is 70.7 Å². The predicted octanol–water partition coefficient (Wildman–Crippen LogP) is 4.76. The highest BCUT2D eigenvalue weighted by Gasteiger charge is 2.04. The molecule has 0 aliphatic carbocycles. The molecule has 88 valence electrons. The fraction of sp³-hybridized carbons (Fsp3) is 0.250. The van der Waals surface area contributed by atoms with Gasteiger partial charge in [-0.2, -0.15) is 0 Å². The first kappa shape index (κ1) is 12.2. The maximum Gasteiger partial charge on any atom is 0.0406 e. The van der Waals surface area contributed by atoms with Gasteiger partial charge in [-0.1, -0.05) is 61.0 Å². The van der Waals surface area contributed by atoms with Crippen LogP contribution < -0.4 is 0 Å². The summed E-state index contributed by atoms with van der Waals surface area (Å²) < 4.78 is 0. The Bertz CT molecular complexity index is 445. The maximum atomic E-state index is 5.88. The van der Waals surface area contributed by atoms with Crippen LogP contribution >= 0.6 is 11.6 Å². The molecule has 2 aromatic carbocycles. The molecule has 0 nitrogen and oxygen atoms in total. The van der Waals surface area contributed by atoms with Crippen molar-refractivity contribution in [2.45, 2.75) is 19.8 Å². The molecule has 1 heteroatoms. The maximum absolute atomic E-state index is 5.88. The first-order valence-electron chi connectivity index (χ1n) is 6.02. The molecule has 1 unspecified atom stereocenters. The smallest absolute Gasteiger partial charge is 0.0406 e. The fourth-order valence-electron chi connectivity index (χ4n) is 2.11. The molecule has 0 saturated carbocycles. The Morgan fingerprint density at radius 3 is 1.94 bits per heavy atom. The van der Waals surface area contributed by atoms with Crippen molar-refractivity contribution in [1.82, 2.24) is 0 Å². The quantitative estimate of drug-likeness (QED) is 0.727. The molecule has 0 N–H and O–H groups in total. The van der Waals surface area contributed by atoms with E-state index < -0.39 is 0 Å². The second-order valence-electron chi connectivity index (χ2n) is 4.63. The average Bonchev–Trinajstić information content (AvgIpc) is 2.33. The lowest BCUT2D eigenvalue weighted by Gasteiger charge is -2.11. The highest BCUT2D eigenvalue weighted by molar-refractivity contribution is 6.30. The predicted molar refractivity (Wildman–Crippen MR) is 74.5 cm³/mol. The van der Waals surface area contributed by atoms with Gasteiger partial charge in [0.15, 0.2) is 0 Å². The van der Waals surface area contributed by atoms with E-state index in [4.69, 9.17) is 11.6 Å². The van der Waals surface area contributed by atoms with Gasteiger partial charge in [-0.25, -0.2) is 0 Å². The SMILES string of the molecule is CC(Cc1ccccc1)Cc1ccc(Cl)cc1. The molecule has 2 rings (SSSR count). The zero-order valence-corrected chi connectivity index (χ0v) is 10.8. The third-order valence-corrected chi connectivity index (χ3v) is 3.18. The Labute approximate surface area is 108 Å². The molecule has 0 aromatic heterocycles. The Morgan fingerprint density at radius 2 is 1.35 bits per heavy atom. The minimum atomic E-state index is 0.651. The van der Waals surface area contributed by atoms with Crippen molar-refractivity contribution in [3.63, 3.8) is 0 Å². The number of hydrogen-bond acceptors (Lipinski definition) is 0. The minimum absolute atomic E-state index is 0.651. The van der Waals surface area contributed by atoms with E-state index in [1.807, 2.05) is 12.1 Å². The zero-order valence-electron chi connectivity index (χ0n) is 10.1. The molecule has 17 heavy (non-hydrogen) atoms. The highest BCUT2D eigenvalue weighted by Crippen LogP contribution is 2.16. The monoisotopic (exact) mass is 244 g/mol. The van der Waals surface area contributed by atoms with Gasteiger partial charge in [0, 0.05) is 5.02 Å². The van der Waals surface area contributed by atoms with Gasteiger partial charge in [0.25, 0.3) is 0 Å². The minimum Gasteiger partial charge on any atom is -0.0843 e. The lowest BCUT2D eigenvalue weighted by molar-refractivity contribution is 0.577.